The van der Waals surface area contributed by atoms with Gasteiger partial charge in [-0.05, 0) is 92.7 Å². The minimum Gasteiger partial charge on any atom is -0.497 e. The van der Waals surface area contributed by atoms with Crippen LogP contribution in [0, 0.1) is 5.92 Å². The van der Waals surface area contributed by atoms with Gasteiger partial charge in [-0.3, -0.25) is 9.69 Å². The lowest BCUT2D eigenvalue weighted by Crippen LogP contribution is -2.50. The Balaban J connectivity index is 1.23. The average Bonchev–Trinajstić information content (AvgIpc) is 3.25. The normalized spacial score (nSPS) is 19.0. The van der Waals surface area contributed by atoms with Crippen molar-refractivity contribution in [3.05, 3.63) is 51.7 Å². The first-order valence-corrected chi connectivity index (χ1v) is 11.7. The van der Waals surface area contributed by atoms with Crippen LogP contribution in [0.3, 0.4) is 0 Å². The molecule has 1 atom stereocenters. The second-order valence-electron chi connectivity index (χ2n) is 8.42. The van der Waals surface area contributed by atoms with Crippen molar-refractivity contribution < 1.29 is 9.53 Å². The van der Waals surface area contributed by atoms with Gasteiger partial charge in [-0.15, -0.1) is 11.3 Å². The molecule has 1 aromatic carbocycles. The van der Waals surface area contributed by atoms with Crippen molar-refractivity contribution in [2.75, 3.05) is 26.7 Å². The number of likely N-dealkylation sites (tertiary alicyclic amines) is 1. The smallest absolute Gasteiger partial charge is 0.239 e. The van der Waals surface area contributed by atoms with Crippen LogP contribution in [-0.2, 0) is 24.2 Å². The van der Waals surface area contributed by atoms with Gasteiger partial charge in [0.1, 0.15) is 5.75 Å². The molecule has 0 spiro atoms. The van der Waals surface area contributed by atoms with Gasteiger partial charge < -0.3 is 9.64 Å². The van der Waals surface area contributed by atoms with Gasteiger partial charge in [0, 0.05) is 18.0 Å². The number of benzene rings is 1. The summed E-state index contributed by atoms with van der Waals surface area (Å²) in [5.41, 5.74) is 2.73. The fourth-order valence-electron chi connectivity index (χ4n) is 4.65. The molecule has 2 aliphatic rings. The molecule has 1 amide bonds. The van der Waals surface area contributed by atoms with Gasteiger partial charge in [0.05, 0.1) is 13.2 Å². The van der Waals surface area contributed by atoms with E-state index < -0.39 is 0 Å². The van der Waals surface area contributed by atoms with Gasteiger partial charge in [0.25, 0.3) is 0 Å². The highest BCUT2D eigenvalue weighted by Crippen LogP contribution is 2.27. The lowest BCUT2D eigenvalue weighted by Gasteiger charge is -2.38. The minimum absolute atomic E-state index is 0.00211. The molecule has 1 unspecified atom stereocenters. The fourth-order valence-corrected chi connectivity index (χ4v) is 5.54. The molecule has 0 radical (unpaired) electrons. The number of methoxy groups -OCH3 is 1. The summed E-state index contributed by atoms with van der Waals surface area (Å²) in [6.45, 7) is 5.84. The number of piperidine rings is 1. The summed E-state index contributed by atoms with van der Waals surface area (Å²) >= 11 is 1.83. The molecule has 156 valence electrons. The van der Waals surface area contributed by atoms with Crippen molar-refractivity contribution in [2.45, 2.75) is 51.6 Å². The number of ether oxygens (including phenoxy) is 1. The Labute approximate surface area is 178 Å². The summed E-state index contributed by atoms with van der Waals surface area (Å²) in [5, 5.41) is 2.15. The molecule has 3 heterocycles. The third kappa shape index (κ3) is 4.84. The number of carbonyl (C=O) groups excluding carboxylic acids is 1. The Morgan fingerprint density at radius 2 is 1.93 bits per heavy atom. The van der Waals surface area contributed by atoms with Crippen molar-refractivity contribution >= 4 is 17.2 Å². The van der Waals surface area contributed by atoms with Gasteiger partial charge in [0.15, 0.2) is 0 Å². The lowest BCUT2D eigenvalue weighted by molar-refractivity contribution is -0.138. The predicted molar refractivity (Wildman–Crippen MR) is 119 cm³/mol. The van der Waals surface area contributed by atoms with E-state index in [0.29, 0.717) is 5.91 Å². The monoisotopic (exact) mass is 412 g/mol. The fraction of sp³-hybridized carbons (Fsp3) is 0.542. The zero-order valence-electron chi connectivity index (χ0n) is 17.6. The molecule has 4 nitrogen and oxygen atoms in total. The highest BCUT2D eigenvalue weighted by molar-refractivity contribution is 7.10. The summed E-state index contributed by atoms with van der Waals surface area (Å²) < 4.78 is 5.24. The van der Waals surface area contributed by atoms with E-state index in [1.165, 1.54) is 35.3 Å². The van der Waals surface area contributed by atoms with E-state index in [-0.39, 0.29) is 6.04 Å². The molecule has 2 aromatic rings. The number of amides is 1. The van der Waals surface area contributed by atoms with E-state index in [1.807, 2.05) is 23.5 Å². The number of aryl methyl sites for hydroxylation is 1. The van der Waals surface area contributed by atoms with Gasteiger partial charge in [-0.2, -0.15) is 0 Å². The number of fused-ring (bicyclic) bond motifs is 1. The molecule has 4 rings (SSSR count). The molecule has 0 aliphatic carbocycles. The summed E-state index contributed by atoms with van der Waals surface area (Å²) in [7, 11) is 1.71. The SMILES string of the molecule is COc1ccc(CCC2CCN(C(C)C(=O)N3CCc4sccc4C3)CC2)cc1. The van der Waals surface area contributed by atoms with Gasteiger partial charge in [-0.25, -0.2) is 0 Å². The number of thiophene rings is 1. The van der Waals surface area contributed by atoms with Crippen molar-refractivity contribution in [3.63, 3.8) is 0 Å². The molecule has 1 fully saturated rings. The molecular formula is C24H32N2O2S. The topological polar surface area (TPSA) is 32.8 Å². The zero-order valence-corrected chi connectivity index (χ0v) is 18.4. The number of hydrogen-bond donors (Lipinski definition) is 0. The first-order valence-electron chi connectivity index (χ1n) is 10.8. The van der Waals surface area contributed by atoms with Crippen LogP contribution in [0.5, 0.6) is 5.75 Å². The third-order valence-electron chi connectivity index (χ3n) is 6.67. The number of hydrogen-bond acceptors (Lipinski definition) is 4. The van der Waals surface area contributed by atoms with Crippen LogP contribution >= 0.6 is 11.3 Å². The largest absolute Gasteiger partial charge is 0.497 e. The Morgan fingerprint density at radius 3 is 2.66 bits per heavy atom. The maximum atomic E-state index is 13.1. The zero-order chi connectivity index (χ0) is 20.2. The number of carbonyl (C=O) groups is 1. The molecule has 2 aliphatic heterocycles. The summed E-state index contributed by atoms with van der Waals surface area (Å²) in [6, 6.07) is 10.6. The van der Waals surface area contributed by atoms with E-state index in [1.54, 1.807) is 7.11 Å². The molecule has 29 heavy (non-hydrogen) atoms. The quantitative estimate of drug-likeness (QED) is 0.706. The Morgan fingerprint density at radius 1 is 1.17 bits per heavy atom. The van der Waals surface area contributed by atoms with E-state index in [9.17, 15) is 4.79 Å². The average molecular weight is 413 g/mol. The molecule has 1 saturated heterocycles. The molecule has 0 saturated carbocycles. The maximum absolute atomic E-state index is 13.1. The van der Waals surface area contributed by atoms with Crippen LogP contribution in [0.25, 0.3) is 0 Å². The van der Waals surface area contributed by atoms with E-state index in [4.69, 9.17) is 4.74 Å². The van der Waals surface area contributed by atoms with Crippen molar-refractivity contribution in [1.82, 2.24) is 9.80 Å². The molecule has 0 bridgehead atoms. The highest BCUT2D eigenvalue weighted by Gasteiger charge is 2.31. The van der Waals surface area contributed by atoms with Crippen LogP contribution in [0.2, 0.25) is 0 Å². The van der Waals surface area contributed by atoms with Crippen LogP contribution < -0.4 is 4.74 Å². The Kier molecular flexibility index (Phi) is 6.56. The highest BCUT2D eigenvalue weighted by atomic mass is 32.1. The Bertz CT molecular complexity index is 809. The van der Waals surface area contributed by atoms with E-state index in [2.05, 4.69) is 40.3 Å². The number of nitrogens with zero attached hydrogens (tertiary/aromatic N) is 2. The first kappa shape index (κ1) is 20.4. The van der Waals surface area contributed by atoms with Crippen LogP contribution in [0.15, 0.2) is 35.7 Å². The van der Waals surface area contributed by atoms with Crippen LogP contribution in [-0.4, -0.2) is 48.5 Å². The minimum atomic E-state index is -0.00211. The summed E-state index contributed by atoms with van der Waals surface area (Å²) in [5.74, 6) is 1.99. The van der Waals surface area contributed by atoms with Gasteiger partial charge >= 0.3 is 0 Å². The van der Waals surface area contributed by atoms with Crippen molar-refractivity contribution in [3.8, 4) is 5.75 Å². The van der Waals surface area contributed by atoms with E-state index in [0.717, 1.165) is 50.7 Å². The summed E-state index contributed by atoms with van der Waals surface area (Å²) in [6.07, 6.45) is 5.76. The standard InChI is InChI=1S/C24H32N2O2S/c1-18(24(27)26-15-11-23-21(17-26)12-16-29-23)25-13-9-20(10-14-25)4-3-19-5-7-22(28-2)8-6-19/h5-8,12,16,18,20H,3-4,9-11,13-15,17H2,1-2H3. The second-order valence-corrected chi connectivity index (χ2v) is 9.42. The van der Waals surface area contributed by atoms with Crippen molar-refractivity contribution in [2.24, 2.45) is 5.92 Å². The predicted octanol–water partition coefficient (Wildman–Crippen LogP) is 4.37. The maximum Gasteiger partial charge on any atom is 0.239 e. The van der Waals surface area contributed by atoms with Gasteiger partial charge in [-0.1, -0.05) is 12.1 Å². The van der Waals surface area contributed by atoms with Gasteiger partial charge in [0.2, 0.25) is 5.91 Å². The van der Waals surface area contributed by atoms with Crippen molar-refractivity contribution in [1.29, 1.82) is 0 Å². The first-order chi connectivity index (χ1) is 14.1. The number of rotatable bonds is 6. The molecule has 5 heteroatoms. The molecule has 1 aromatic heterocycles. The Hall–Kier alpha value is -1.85. The molecular weight excluding hydrogens is 380 g/mol. The van der Waals surface area contributed by atoms with Crippen LogP contribution in [0.4, 0.5) is 0 Å². The lowest BCUT2D eigenvalue weighted by atomic mass is 9.90. The second kappa shape index (κ2) is 9.31. The third-order valence-corrected chi connectivity index (χ3v) is 7.70. The molecule has 0 N–H and O–H groups in total. The van der Waals surface area contributed by atoms with Crippen LogP contribution in [0.1, 0.15) is 42.2 Å². The van der Waals surface area contributed by atoms with E-state index >= 15 is 0 Å². The summed E-state index contributed by atoms with van der Waals surface area (Å²) in [4.78, 5) is 19.0.